The summed E-state index contributed by atoms with van der Waals surface area (Å²) in [5, 5.41) is 0. The maximum atomic E-state index is 13.4. The van der Waals surface area contributed by atoms with Crippen molar-refractivity contribution in [3.05, 3.63) is 0 Å². The fourth-order valence-corrected chi connectivity index (χ4v) is 4.23. The normalized spacial score (nSPS) is 20.3. The quantitative estimate of drug-likeness (QED) is 0.304. The van der Waals surface area contributed by atoms with Gasteiger partial charge in [-0.3, -0.25) is 4.79 Å². The van der Waals surface area contributed by atoms with Crippen LogP contribution in [0.1, 0.15) is 106 Å². The van der Waals surface area contributed by atoms with Gasteiger partial charge in [0.05, 0.1) is 12.0 Å². The van der Waals surface area contributed by atoms with Gasteiger partial charge in [-0.1, -0.05) is 73.6 Å². The zero-order valence-corrected chi connectivity index (χ0v) is 18.8. The molecule has 0 radical (unpaired) electrons. The van der Waals surface area contributed by atoms with Crippen LogP contribution >= 0.6 is 0 Å². The molecule has 27 heavy (non-hydrogen) atoms. The second-order valence-corrected chi connectivity index (χ2v) is 9.97. The van der Waals surface area contributed by atoms with Gasteiger partial charge in [0.1, 0.15) is 0 Å². The van der Waals surface area contributed by atoms with Crippen molar-refractivity contribution >= 4 is 11.9 Å². The molecule has 1 heterocycles. The molecule has 1 fully saturated rings. The third-order valence-corrected chi connectivity index (χ3v) is 6.53. The molecule has 0 aliphatic carbocycles. The summed E-state index contributed by atoms with van der Waals surface area (Å²) in [5.74, 6) is -0.643. The molecule has 1 aliphatic rings. The maximum Gasteiger partial charge on any atom is 0.347 e. The van der Waals surface area contributed by atoms with Crippen LogP contribution in [0.25, 0.3) is 0 Å². The predicted octanol–water partition coefficient (Wildman–Crippen LogP) is 6.06. The van der Waals surface area contributed by atoms with E-state index in [1.54, 1.807) is 0 Å². The molecule has 158 valence electrons. The Hall–Kier alpha value is -1.06. The van der Waals surface area contributed by atoms with Gasteiger partial charge in [0, 0.05) is 6.42 Å². The van der Waals surface area contributed by atoms with Crippen molar-refractivity contribution in [3.63, 3.8) is 0 Å². The van der Waals surface area contributed by atoms with Gasteiger partial charge in [-0.05, 0) is 37.0 Å². The van der Waals surface area contributed by atoms with E-state index >= 15 is 0 Å². The fourth-order valence-electron chi connectivity index (χ4n) is 4.23. The van der Waals surface area contributed by atoms with Crippen LogP contribution in [0.4, 0.5) is 0 Å². The van der Waals surface area contributed by atoms with E-state index < -0.39 is 17.5 Å². The minimum atomic E-state index is -0.734. The number of carbonyl (C=O) groups excluding carboxylic acids is 2. The summed E-state index contributed by atoms with van der Waals surface area (Å²) in [7, 11) is 0. The third kappa shape index (κ3) is 6.50. The monoisotopic (exact) mass is 382 g/mol. The molecule has 0 N–H and O–H groups in total. The number of hydrogen-bond acceptors (Lipinski definition) is 4. The molecule has 0 aromatic heterocycles. The number of rotatable bonds is 12. The highest BCUT2D eigenvalue weighted by atomic mass is 16.6. The van der Waals surface area contributed by atoms with E-state index in [-0.39, 0.29) is 16.8 Å². The number of esters is 2. The Labute approximate surface area is 166 Å². The zero-order chi connectivity index (χ0) is 20.7. The van der Waals surface area contributed by atoms with Crippen LogP contribution < -0.4 is 0 Å². The third-order valence-electron chi connectivity index (χ3n) is 6.53. The number of cyclic esters (lactones) is 1. The molecular formula is C23H42O4. The van der Waals surface area contributed by atoms with Gasteiger partial charge in [0.15, 0.2) is 0 Å². The minimum absolute atomic E-state index is 0.0443. The minimum Gasteiger partial charge on any atom is -0.463 e. The van der Waals surface area contributed by atoms with Crippen molar-refractivity contribution in [1.29, 1.82) is 0 Å². The largest absolute Gasteiger partial charge is 0.463 e. The Kier molecular flexibility index (Phi) is 8.82. The molecule has 2 atom stereocenters. The Morgan fingerprint density at radius 1 is 1.04 bits per heavy atom. The summed E-state index contributed by atoms with van der Waals surface area (Å²) >= 11 is 0. The molecule has 1 saturated heterocycles. The molecule has 0 aromatic carbocycles. The summed E-state index contributed by atoms with van der Waals surface area (Å²) in [4.78, 5) is 25.2. The molecule has 0 bridgehead atoms. The molecule has 0 spiro atoms. The maximum absolute atomic E-state index is 13.4. The van der Waals surface area contributed by atoms with Gasteiger partial charge in [-0.15, -0.1) is 0 Å². The molecular weight excluding hydrogens is 340 g/mol. The second kappa shape index (κ2) is 9.93. The standard InChI is InChI=1S/C23H42O4/c1-8-10-12-14-21(3,4)17-23(7,22(5,6)15-11-9-2)20(25)27-18-13-16-26-19(18)24/h18H,8-17H2,1-7H3. The van der Waals surface area contributed by atoms with Gasteiger partial charge >= 0.3 is 11.9 Å². The topological polar surface area (TPSA) is 52.6 Å². The van der Waals surface area contributed by atoms with Gasteiger partial charge < -0.3 is 9.47 Å². The van der Waals surface area contributed by atoms with Crippen molar-refractivity contribution in [2.24, 2.45) is 16.2 Å². The van der Waals surface area contributed by atoms with Crippen LogP contribution in [0.5, 0.6) is 0 Å². The van der Waals surface area contributed by atoms with E-state index in [9.17, 15) is 9.59 Å². The second-order valence-electron chi connectivity index (χ2n) is 9.97. The molecule has 2 unspecified atom stereocenters. The lowest BCUT2D eigenvalue weighted by atomic mass is 9.58. The summed E-state index contributed by atoms with van der Waals surface area (Å²) in [6, 6.07) is 0. The Morgan fingerprint density at radius 3 is 2.19 bits per heavy atom. The van der Waals surface area contributed by atoms with Crippen LogP contribution in [-0.4, -0.2) is 24.6 Å². The van der Waals surface area contributed by atoms with E-state index in [1.807, 2.05) is 6.92 Å². The summed E-state index contributed by atoms with van der Waals surface area (Å²) < 4.78 is 10.7. The van der Waals surface area contributed by atoms with Crippen molar-refractivity contribution in [2.75, 3.05) is 6.61 Å². The van der Waals surface area contributed by atoms with Gasteiger partial charge in [0.25, 0.3) is 0 Å². The number of ether oxygens (including phenoxy) is 2. The van der Waals surface area contributed by atoms with Crippen LogP contribution in [0.15, 0.2) is 0 Å². The highest BCUT2D eigenvalue weighted by Crippen LogP contribution is 2.51. The van der Waals surface area contributed by atoms with Crippen molar-refractivity contribution in [2.45, 2.75) is 112 Å². The Morgan fingerprint density at radius 2 is 1.67 bits per heavy atom. The van der Waals surface area contributed by atoms with E-state index in [4.69, 9.17) is 9.47 Å². The Bertz CT molecular complexity index is 495. The predicted molar refractivity (Wildman–Crippen MR) is 109 cm³/mol. The highest BCUT2D eigenvalue weighted by molar-refractivity contribution is 5.83. The van der Waals surface area contributed by atoms with Crippen molar-refractivity contribution in [1.82, 2.24) is 0 Å². The smallest absolute Gasteiger partial charge is 0.347 e. The van der Waals surface area contributed by atoms with Crippen molar-refractivity contribution in [3.8, 4) is 0 Å². The Balaban J connectivity index is 3.03. The first-order valence-corrected chi connectivity index (χ1v) is 10.9. The van der Waals surface area contributed by atoms with Gasteiger partial charge in [-0.25, -0.2) is 4.79 Å². The lowest BCUT2D eigenvalue weighted by Crippen LogP contribution is -2.47. The lowest BCUT2D eigenvalue weighted by molar-refractivity contribution is -0.176. The average molecular weight is 383 g/mol. The molecule has 4 nitrogen and oxygen atoms in total. The van der Waals surface area contributed by atoms with Crippen molar-refractivity contribution < 1.29 is 19.1 Å². The average Bonchev–Trinajstić information content (AvgIpc) is 2.97. The van der Waals surface area contributed by atoms with Crippen LogP contribution in [0.3, 0.4) is 0 Å². The zero-order valence-electron chi connectivity index (χ0n) is 18.8. The summed E-state index contributed by atoms with van der Waals surface area (Å²) in [5.41, 5.74) is -0.798. The first-order valence-electron chi connectivity index (χ1n) is 10.9. The van der Waals surface area contributed by atoms with E-state index in [0.717, 1.165) is 32.1 Å². The van der Waals surface area contributed by atoms with Crippen LogP contribution in [0, 0.1) is 16.2 Å². The highest BCUT2D eigenvalue weighted by Gasteiger charge is 2.51. The molecule has 0 aromatic rings. The molecule has 4 heteroatoms. The lowest BCUT2D eigenvalue weighted by Gasteiger charge is -2.46. The summed E-state index contributed by atoms with van der Waals surface area (Å²) in [6.07, 6.45) is 8.34. The molecule has 0 amide bonds. The first-order chi connectivity index (χ1) is 12.5. The van der Waals surface area contributed by atoms with Gasteiger partial charge in [0.2, 0.25) is 6.10 Å². The van der Waals surface area contributed by atoms with Crippen LogP contribution in [-0.2, 0) is 19.1 Å². The molecule has 1 aliphatic heterocycles. The summed E-state index contributed by atoms with van der Waals surface area (Å²) in [6.45, 7) is 15.7. The molecule has 1 rings (SSSR count). The van der Waals surface area contributed by atoms with E-state index in [1.165, 1.54) is 19.3 Å². The van der Waals surface area contributed by atoms with E-state index in [0.29, 0.717) is 13.0 Å². The van der Waals surface area contributed by atoms with E-state index in [2.05, 4.69) is 41.5 Å². The fraction of sp³-hybridized carbons (Fsp3) is 0.913. The first kappa shape index (κ1) is 24.0. The number of carbonyl (C=O) groups is 2. The number of hydrogen-bond donors (Lipinski definition) is 0. The van der Waals surface area contributed by atoms with Gasteiger partial charge in [-0.2, -0.15) is 0 Å². The SMILES string of the molecule is CCCCCC(C)(C)CC(C)(C(=O)OC1CCOC1=O)C(C)(C)CCCC. The number of unbranched alkanes of at least 4 members (excludes halogenated alkanes) is 3. The van der Waals surface area contributed by atoms with Crippen LogP contribution in [0.2, 0.25) is 0 Å². The molecule has 0 saturated carbocycles.